The average Bonchev–Trinajstić information content (AvgIpc) is 1.97. The van der Waals surface area contributed by atoms with Crippen molar-refractivity contribution in [3.8, 4) is 12.3 Å². The topological polar surface area (TPSA) is 17.1 Å². The number of carbonyl (C=O) groups is 1. The zero-order chi connectivity index (χ0) is 8.69. The van der Waals surface area contributed by atoms with Gasteiger partial charge >= 0.3 is 0 Å². The molecule has 0 radical (unpaired) electrons. The first-order valence-electron chi connectivity index (χ1n) is 3.46. The number of terminal acetylenes is 1. The molecule has 58 valence electrons. The predicted octanol–water partition coefficient (Wildman–Crippen LogP) is 2.10. The van der Waals surface area contributed by atoms with Crippen molar-refractivity contribution in [1.82, 2.24) is 0 Å². The monoisotopic (exact) mass is 148 g/mol. The molecule has 0 bridgehead atoms. The van der Waals surface area contributed by atoms with Gasteiger partial charge in [0.2, 0.25) is 0 Å². The van der Waals surface area contributed by atoms with Crippen LogP contribution >= 0.6 is 0 Å². The molecule has 11 heavy (non-hydrogen) atoms. The quantitative estimate of drug-likeness (QED) is 0.442. The molecule has 0 unspecified atom stereocenters. The van der Waals surface area contributed by atoms with Gasteiger partial charge in [-0.2, -0.15) is 0 Å². The van der Waals surface area contributed by atoms with Crippen molar-refractivity contribution in [1.29, 1.82) is 0 Å². The van der Waals surface area contributed by atoms with Gasteiger partial charge in [-0.3, -0.25) is 4.79 Å². The molecule has 1 heteroatoms. The van der Waals surface area contributed by atoms with Crippen molar-refractivity contribution in [2.24, 2.45) is 0 Å². The molecule has 0 N–H and O–H groups in total. The smallest absolute Gasteiger partial charge is 0.133 e. The van der Waals surface area contributed by atoms with Crippen LogP contribution in [0.4, 0.5) is 0 Å². The Labute approximate surface area is 67.8 Å². The van der Waals surface area contributed by atoms with E-state index in [1.54, 1.807) is 19.1 Å². The van der Waals surface area contributed by atoms with Crippen molar-refractivity contribution in [3.05, 3.63) is 23.8 Å². The van der Waals surface area contributed by atoms with Crippen LogP contribution in [-0.2, 0) is 4.79 Å². The highest BCUT2D eigenvalue weighted by Crippen LogP contribution is 1.91. The maximum absolute atomic E-state index is 10.4. The average molecular weight is 148 g/mol. The van der Waals surface area contributed by atoms with E-state index in [-0.39, 0.29) is 5.78 Å². The second-order valence-electron chi connectivity index (χ2n) is 2.33. The summed E-state index contributed by atoms with van der Waals surface area (Å²) in [5.74, 6) is 2.64. The maximum Gasteiger partial charge on any atom is 0.133 e. The third-order valence-corrected chi connectivity index (χ3v) is 1.12. The first-order valence-corrected chi connectivity index (χ1v) is 3.46. The molecule has 0 aromatic carbocycles. The third-order valence-electron chi connectivity index (χ3n) is 1.12. The molecule has 0 aliphatic rings. The highest BCUT2D eigenvalue weighted by molar-refractivity contribution is 5.77. The number of ketones is 1. The lowest BCUT2D eigenvalue weighted by molar-refractivity contribution is -0.116. The third kappa shape index (κ3) is 6.60. The number of rotatable bonds is 3. The van der Waals surface area contributed by atoms with Crippen LogP contribution < -0.4 is 0 Å². The Morgan fingerprint density at radius 1 is 1.55 bits per heavy atom. The molecule has 0 rings (SSSR count). The lowest BCUT2D eigenvalue weighted by Gasteiger charge is -1.83. The summed E-state index contributed by atoms with van der Waals surface area (Å²) < 4.78 is 0. The van der Waals surface area contributed by atoms with Crippen molar-refractivity contribution >= 4 is 5.78 Å². The SMILES string of the molecule is C#C/C(C)=C/C=C/CC(C)=O. The van der Waals surface area contributed by atoms with Crippen LogP contribution in [0, 0.1) is 12.3 Å². The van der Waals surface area contributed by atoms with Gasteiger partial charge in [0.05, 0.1) is 0 Å². The number of Topliss-reactive ketones (excluding diaryl/α,β-unsaturated/α-hetero) is 1. The van der Waals surface area contributed by atoms with Gasteiger partial charge in [0.1, 0.15) is 5.78 Å². The van der Waals surface area contributed by atoms with Gasteiger partial charge in [0.25, 0.3) is 0 Å². The summed E-state index contributed by atoms with van der Waals surface area (Å²) in [6.45, 7) is 3.40. The second-order valence-corrected chi connectivity index (χ2v) is 2.33. The van der Waals surface area contributed by atoms with Crippen molar-refractivity contribution in [2.45, 2.75) is 20.3 Å². The summed E-state index contributed by atoms with van der Waals surface area (Å²) in [6, 6.07) is 0. The van der Waals surface area contributed by atoms with Crippen LogP contribution in [0.2, 0.25) is 0 Å². The molecule has 0 amide bonds. The molecule has 0 atom stereocenters. The van der Waals surface area contributed by atoms with E-state index < -0.39 is 0 Å². The predicted molar refractivity (Wildman–Crippen MR) is 47.0 cm³/mol. The largest absolute Gasteiger partial charge is 0.300 e. The van der Waals surface area contributed by atoms with E-state index in [0.717, 1.165) is 5.57 Å². The van der Waals surface area contributed by atoms with Gasteiger partial charge < -0.3 is 0 Å². The standard InChI is InChI=1S/C10H12O/c1-4-9(2)7-5-6-8-10(3)11/h1,5-7H,8H2,2-3H3/b6-5+,9-7+. The Bertz CT molecular complexity index is 226. The van der Waals surface area contributed by atoms with Crippen LogP contribution in [0.3, 0.4) is 0 Å². The first-order chi connectivity index (χ1) is 5.16. The molecule has 0 aliphatic heterocycles. The zero-order valence-electron chi connectivity index (χ0n) is 6.92. The molecule has 0 aromatic rings. The van der Waals surface area contributed by atoms with Gasteiger partial charge in [0.15, 0.2) is 0 Å². The number of carbonyl (C=O) groups excluding carboxylic acids is 1. The minimum atomic E-state index is 0.160. The Morgan fingerprint density at radius 2 is 2.18 bits per heavy atom. The molecule has 0 saturated heterocycles. The molecule has 0 saturated carbocycles. The summed E-state index contributed by atoms with van der Waals surface area (Å²) in [4.78, 5) is 10.4. The molecule has 0 aliphatic carbocycles. The van der Waals surface area contributed by atoms with Crippen molar-refractivity contribution < 1.29 is 4.79 Å². The lowest BCUT2D eigenvalue weighted by atomic mass is 10.2. The fourth-order valence-corrected chi connectivity index (χ4v) is 0.494. The van der Waals surface area contributed by atoms with Gasteiger partial charge in [-0.1, -0.05) is 24.1 Å². The van der Waals surface area contributed by atoms with Crippen LogP contribution in [0.25, 0.3) is 0 Å². The van der Waals surface area contributed by atoms with Gasteiger partial charge in [-0.25, -0.2) is 0 Å². The van der Waals surface area contributed by atoms with Crippen LogP contribution in [0.1, 0.15) is 20.3 Å². The molecule has 0 fully saturated rings. The minimum Gasteiger partial charge on any atom is -0.300 e. The van der Waals surface area contributed by atoms with Crippen LogP contribution in [-0.4, -0.2) is 5.78 Å². The molecule has 1 nitrogen and oxygen atoms in total. The van der Waals surface area contributed by atoms with E-state index in [1.807, 2.05) is 13.0 Å². The maximum atomic E-state index is 10.4. The van der Waals surface area contributed by atoms with E-state index >= 15 is 0 Å². The highest BCUT2D eigenvalue weighted by atomic mass is 16.1. The van der Waals surface area contributed by atoms with E-state index in [4.69, 9.17) is 6.42 Å². The van der Waals surface area contributed by atoms with E-state index in [0.29, 0.717) is 6.42 Å². The molecular formula is C10H12O. The second kappa shape index (κ2) is 5.49. The van der Waals surface area contributed by atoms with Crippen molar-refractivity contribution in [2.75, 3.05) is 0 Å². The summed E-state index contributed by atoms with van der Waals surface area (Å²) >= 11 is 0. The highest BCUT2D eigenvalue weighted by Gasteiger charge is 1.83. The normalized spacial score (nSPS) is 11.5. The molecular weight excluding hydrogens is 136 g/mol. The summed E-state index contributed by atoms with van der Waals surface area (Å²) in [6.07, 6.45) is 11.0. The fourth-order valence-electron chi connectivity index (χ4n) is 0.494. The Kier molecular flexibility index (Phi) is 4.85. The number of hydrogen-bond donors (Lipinski definition) is 0. The van der Waals surface area contributed by atoms with Gasteiger partial charge in [-0.05, 0) is 19.4 Å². The van der Waals surface area contributed by atoms with Crippen LogP contribution in [0.5, 0.6) is 0 Å². The summed E-state index contributed by atoms with van der Waals surface area (Å²) in [5, 5.41) is 0. The van der Waals surface area contributed by atoms with Gasteiger partial charge in [0, 0.05) is 6.42 Å². The number of allylic oxidation sites excluding steroid dienone is 4. The molecule has 0 spiro atoms. The Balaban J connectivity index is 3.79. The Morgan fingerprint density at radius 3 is 2.64 bits per heavy atom. The van der Waals surface area contributed by atoms with E-state index in [2.05, 4.69) is 5.92 Å². The minimum absolute atomic E-state index is 0.160. The summed E-state index contributed by atoms with van der Waals surface area (Å²) in [7, 11) is 0. The van der Waals surface area contributed by atoms with Gasteiger partial charge in [-0.15, -0.1) is 6.42 Å². The fraction of sp³-hybridized carbons (Fsp3) is 0.300. The zero-order valence-corrected chi connectivity index (χ0v) is 6.92. The first kappa shape index (κ1) is 9.71. The molecule has 0 heterocycles. The lowest BCUT2D eigenvalue weighted by Crippen LogP contribution is -1.83. The number of hydrogen-bond acceptors (Lipinski definition) is 1. The van der Waals surface area contributed by atoms with E-state index in [1.165, 1.54) is 0 Å². The van der Waals surface area contributed by atoms with E-state index in [9.17, 15) is 4.79 Å². The summed E-state index contributed by atoms with van der Waals surface area (Å²) in [5.41, 5.74) is 0.866. The molecule has 0 aromatic heterocycles. The Hall–Kier alpha value is -1.29. The van der Waals surface area contributed by atoms with Crippen LogP contribution in [0.15, 0.2) is 23.8 Å². The van der Waals surface area contributed by atoms with Crippen molar-refractivity contribution in [3.63, 3.8) is 0 Å².